The van der Waals surface area contributed by atoms with Crippen molar-refractivity contribution < 1.29 is 19.0 Å². The van der Waals surface area contributed by atoms with Gasteiger partial charge in [0, 0.05) is 18.1 Å². The standard InChI is InChI=1S/C25H26ClNO4/c1-29-22-11-7-19(8-12-22)17-27(16-15-20-5-3-4-6-24(20)30-2)25(28)18-31-23-13-9-21(26)10-14-23/h3-14H,15-18H2,1-2H3. The van der Waals surface area contributed by atoms with Crippen molar-refractivity contribution in [3.05, 3.63) is 88.9 Å². The van der Waals surface area contributed by atoms with Gasteiger partial charge in [0.25, 0.3) is 5.91 Å². The summed E-state index contributed by atoms with van der Waals surface area (Å²) in [6, 6.07) is 22.5. The number of hydrogen-bond acceptors (Lipinski definition) is 4. The summed E-state index contributed by atoms with van der Waals surface area (Å²) in [6.07, 6.45) is 0.673. The molecule has 0 aromatic heterocycles. The lowest BCUT2D eigenvalue weighted by Crippen LogP contribution is -2.36. The third-order valence-electron chi connectivity index (χ3n) is 4.90. The van der Waals surface area contributed by atoms with Crippen LogP contribution in [0.25, 0.3) is 0 Å². The van der Waals surface area contributed by atoms with E-state index in [-0.39, 0.29) is 12.5 Å². The van der Waals surface area contributed by atoms with E-state index in [0.717, 1.165) is 22.6 Å². The molecule has 0 spiro atoms. The molecule has 1 amide bonds. The first-order chi connectivity index (χ1) is 15.1. The predicted molar refractivity (Wildman–Crippen MR) is 122 cm³/mol. The van der Waals surface area contributed by atoms with Crippen LogP contribution >= 0.6 is 11.6 Å². The number of nitrogens with zero attached hydrogens (tertiary/aromatic N) is 1. The summed E-state index contributed by atoms with van der Waals surface area (Å²) in [6.45, 7) is 0.959. The molecule has 0 atom stereocenters. The second-order valence-electron chi connectivity index (χ2n) is 6.97. The molecular formula is C25H26ClNO4. The van der Waals surface area contributed by atoms with Gasteiger partial charge in [0.15, 0.2) is 6.61 Å². The molecule has 162 valence electrons. The van der Waals surface area contributed by atoms with Gasteiger partial charge in [0.1, 0.15) is 17.2 Å². The van der Waals surface area contributed by atoms with Crippen molar-refractivity contribution in [2.75, 3.05) is 27.4 Å². The highest BCUT2D eigenvalue weighted by Crippen LogP contribution is 2.20. The SMILES string of the molecule is COc1ccc(CN(CCc2ccccc2OC)C(=O)COc2ccc(Cl)cc2)cc1. The van der Waals surface area contributed by atoms with Gasteiger partial charge in [-0.3, -0.25) is 4.79 Å². The summed E-state index contributed by atoms with van der Waals surface area (Å²) in [5.74, 6) is 2.10. The van der Waals surface area contributed by atoms with Crippen LogP contribution in [-0.2, 0) is 17.8 Å². The third-order valence-corrected chi connectivity index (χ3v) is 5.16. The van der Waals surface area contributed by atoms with Gasteiger partial charge in [-0.2, -0.15) is 0 Å². The van der Waals surface area contributed by atoms with Crippen LogP contribution in [0.15, 0.2) is 72.8 Å². The smallest absolute Gasteiger partial charge is 0.260 e. The second-order valence-corrected chi connectivity index (χ2v) is 7.40. The molecule has 0 aliphatic carbocycles. The van der Waals surface area contributed by atoms with Crippen LogP contribution in [0.5, 0.6) is 17.2 Å². The Balaban J connectivity index is 1.70. The van der Waals surface area contributed by atoms with Crippen LogP contribution in [0, 0.1) is 0 Å². The van der Waals surface area contributed by atoms with E-state index in [1.165, 1.54) is 0 Å². The Kier molecular flexibility index (Phi) is 8.19. The number of amides is 1. The van der Waals surface area contributed by atoms with E-state index >= 15 is 0 Å². The van der Waals surface area contributed by atoms with Crippen molar-refractivity contribution in [2.24, 2.45) is 0 Å². The topological polar surface area (TPSA) is 48.0 Å². The first-order valence-electron chi connectivity index (χ1n) is 10.00. The van der Waals surface area contributed by atoms with Crippen molar-refractivity contribution in [3.63, 3.8) is 0 Å². The van der Waals surface area contributed by atoms with Crippen molar-refractivity contribution in [3.8, 4) is 17.2 Å². The number of rotatable bonds is 10. The molecule has 31 heavy (non-hydrogen) atoms. The zero-order chi connectivity index (χ0) is 22.1. The van der Waals surface area contributed by atoms with E-state index < -0.39 is 0 Å². The van der Waals surface area contributed by atoms with Gasteiger partial charge in [-0.15, -0.1) is 0 Å². The number of carbonyl (C=O) groups excluding carboxylic acids is 1. The lowest BCUT2D eigenvalue weighted by molar-refractivity contribution is -0.134. The predicted octanol–water partition coefficient (Wildman–Crippen LogP) is 5.01. The van der Waals surface area contributed by atoms with E-state index in [2.05, 4.69) is 0 Å². The van der Waals surface area contributed by atoms with Crippen LogP contribution in [0.2, 0.25) is 5.02 Å². The monoisotopic (exact) mass is 439 g/mol. The largest absolute Gasteiger partial charge is 0.497 e. The van der Waals surface area contributed by atoms with Gasteiger partial charge in [0.05, 0.1) is 14.2 Å². The lowest BCUT2D eigenvalue weighted by atomic mass is 10.1. The Bertz CT molecular complexity index is 974. The molecular weight excluding hydrogens is 414 g/mol. The first-order valence-corrected chi connectivity index (χ1v) is 10.4. The Morgan fingerprint density at radius 1 is 0.871 bits per heavy atom. The Hall–Kier alpha value is -3.18. The number of para-hydroxylation sites is 1. The van der Waals surface area contributed by atoms with Gasteiger partial charge in [-0.25, -0.2) is 0 Å². The van der Waals surface area contributed by atoms with Crippen molar-refractivity contribution in [1.29, 1.82) is 0 Å². The van der Waals surface area contributed by atoms with E-state index in [1.54, 1.807) is 43.4 Å². The Labute approximate surface area is 188 Å². The minimum absolute atomic E-state index is 0.0519. The molecule has 0 saturated carbocycles. The fraction of sp³-hybridized carbons (Fsp3) is 0.240. The zero-order valence-electron chi connectivity index (χ0n) is 17.7. The number of ether oxygens (including phenoxy) is 3. The summed E-state index contributed by atoms with van der Waals surface area (Å²) in [7, 11) is 3.28. The molecule has 0 aliphatic heterocycles. The maximum Gasteiger partial charge on any atom is 0.260 e. The number of hydrogen-bond donors (Lipinski definition) is 0. The van der Waals surface area contributed by atoms with E-state index in [9.17, 15) is 4.79 Å². The molecule has 3 aromatic rings. The van der Waals surface area contributed by atoms with Crippen LogP contribution in [-0.4, -0.2) is 38.2 Å². The quantitative estimate of drug-likeness (QED) is 0.445. The van der Waals surface area contributed by atoms with Gasteiger partial charge in [-0.05, 0) is 60.0 Å². The summed E-state index contributed by atoms with van der Waals surface area (Å²) in [5, 5.41) is 0.622. The summed E-state index contributed by atoms with van der Waals surface area (Å²) < 4.78 is 16.3. The molecule has 6 heteroatoms. The molecule has 0 unspecified atom stereocenters. The van der Waals surface area contributed by atoms with Crippen LogP contribution in [0.3, 0.4) is 0 Å². The maximum absolute atomic E-state index is 13.0. The molecule has 0 saturated heterocycles. The Morgan fingerprint density at radius 2 is 1.55 bits per heavy atom. The van der Waals surface area contributed by atoms with Crippen LogP contribution in [0.4, 0.5) is 0 Å². The molecule has 3 rings (SSSR count). The minimum Gasteiger partial charge on any atom is -0.497 e. The summed E-state index contributed by atoms with van der Waals surface area (Å²) >= 11 is 5.91. The first kappa shape index (κ1) is 22.5. The van der Waals surface area contributed by atoms with E-state index in [1.807, 2.05) is 48.5 Å². The summed E-state index contributed by atoms with van der Waals surface area (Å²) in [5.41, 5.74) is 2.07. The number of benzene rings is 3. The van der Waals surface area contributed by atoms with Crippen LogP contribution in [0.1, 0.15) is 11.1 Å². The second kappa shape index (κ2) is 11.3. The highest BCUT2D eigenvalue weighted by atomic mass is 35.5. The molecule has 0 bridgehead atoms. The number of halogens is 1. The van der Waals surface area contributed by atoms with Gasteiger partial charge in [-0.1, -0.05) is 41.9 Å². The molecule has 0 N–H and O–H groups in total. The molecule has 3 aromatic carbocycles. The van der Waals surface area contributed by atoms with E-state index in [0.29, 0.717) is 30.3 Å². The van der Waals surface area contributed by atoms with Crippen molar-refractivity contribution in [2.45, 2.75) is 13.0 Å². The average Bonchev–Trinajstić information content (AvgIpc) is 2.81. The highest BCUT2D eigenvalue weighted by Gasteiger charge is 2.16. The van der Waals surface area contributed by atoms with Gasteiger partial charge < -0.3 is 19.1 Å². The van der Waals surface area contributed by atoms with E-state index in [4.69, 9.17) is 25.8 Å². The highest BCUT2D eigenvalue weighted by molar-refractivity contribution is 6.30. The Morgan fingerprint density at radius 3 is 2.23 bits per heavy atom. The zero-order valence-corrected chi connectivity index (χ0v) is 18.5. The average molecular weight is 440 g/mol. The minimum atomic E-state index is -0.0966. The fourth-order valence-corrected chi connectivity index (χ4v) is 3.30. The van der Waals surface area contributed by atoms with Gasteiger partial charge in [0.2, 0.25) is 0 Å². The molecule has 0 fully saturated rings. The summed E-state index contributed by atoms with van der Waals surface area (Å²) in [4.78, 5) is 14.8. The van der Waals surface area contributed by atoms with Crippen molar-refractivity contribution in [1.82, 2.24) is 4.90 Å². The van der Waals surface area contributed by atoms with Crippen molar-refractivity contribution >= 4 is 17.5 Å². The normalized spacial score (nSPS) is 10.4. The molecule has 5 nitrogen and oxygen atoms in total. The fourth-order valence-electron chi connectivity index (χ4n) is 3.18. The van der Waals surface area contributed by atoms with Gasteiger partial charge >= 0.3 is 0 Å². The molecule has 0 aliphatic rings. The molecule has 0 radical (unpaired) electrons. The number of carbonyl (C=O) groups is 1. The molecule has 0 heterocycles. The third kappa shape index (κ3) is 6.66. The van der Waals surface area contributed by atoms with Crippen LogP contribution < -0.4 is 14.2 Å². The number of methoxy groups -OCH3 is 2. The maximum atomic E-state index is 13.0. The lowest BCUT2D eigenvalue weighted by Gasteiger charge is -2.23.